The fourth-order valence-corrected chi connectivity index (χ4v) is 4.28. The van der Waals surface area contributed by atoms with Crippen molar-refractivity contribution >= 4 is 26.6 Å². The lowest BCUT2D eigenvalue weighted by molar-refractivity contribution is -0.115. The number of carbonyl (C=O) groups excluding carboxylic acids is 1. The summed E-state index contributed by atoms with van der Waals surface area (Å²) in [7, 11) is -3.83. The summed E-state index contributed by atoms with van der Waals surface area (Å²) in [5, 5.41) is 2.01. The van der Waals surface area contributed by atoms with Gasteiger partial charge in [-0.25, -0.2) is 8.42 Å². The molecule has 0 bridgehead atoms. The molecule has 0 unspecified atom stereocenters. The summed E-state index contributed by atoms with van der Waals surface area (Å²) in [5.74, 6) is -0.176. The molecule has 0 aliphatic heterocycles. The van der Waals surface area contributed by atoms with Crippen molar-refractivity contribution in [3.63, 3.8) is 0 Å². The molecule has 0 aliphatic rings. The first-order valence-electron chi connectivity index (χ1n) is 9.11. The average Bonchev–Trinajstić information content (AvgIpc) is 2.71. The van der Waals surface area contributed by atoms with E-state index in [-0.39, 0.29) is 22.7 Å². The summed E-state index contributed by atoms with van der Waals surface area (Å²) >= 11 is 0. The molecule has 3 rings (SSSR count). The number of aryl methyl sites for hydroxylation is 1. The van der Waals surface area contributed by atoms with Crippen molar-refractivity contribution in [1.82, 2.24) is 4.72 Å². The van der Waals surface area contributed by atoms with Crippen molar-refractivity contribution in [1.29, 1.82) is 0 Å². The van der Waals surface area contributed by atoms with Crippen LogP contribution in [0.3, 0.4) is 0 Å². The largest absolute Gasteiger partial charge is 0.295 e. The molecular weight excluding hydrogens is 370 g/mol. The van der Waals surface area contributed by atoms with Gasteiger partial charge in [0, 0.05) is 12.0 Å². The molecule has 5 heteroatoms. The van der Waals surface area contributed by atoms with Gasteiger partial charge in [0.25, 0.3) is 0 Å². The maximum Gasteiger partial charge on any atom is 0.241 e. The van der Waals surface area contributed by atoms with E-state index < -0.39 is 16.1 Å². The molecule has 0 spiro atoms. The van der Waals surface area contributed by atoms with E-state index >= 15 is 0 Å². The molecule has 1 atom stereocenters. The number of ketones is 1. The molecule has 0 radical (unpaired) electrons. The van der Waals surface area contributed by atoms with Crippen molar-refractivity contribution in [2.45, 2.75) is 31.2 Å². The van der Waals surface area contributed by atoms with Gasteiger partial charge in [0.2, 0.25) is 10.0 Å². The van der Waals surface area contributed by atoms with Gasteiger partial charge < -0.3 is 0 Å². The lowest BCUT2D eigenvalue weighted by Crippen LogP contribution is -2.31. The third-order valence-electron chi connectivity index (χ3n) is 4.74. The molecule has 0 saturated carbocycles. The Balaban J connectivity index is 2.04. The number of Topliss-reactive ketones (excluding diaryl/α,β-unsaturated/α-hetero) is 1. The molecule has 0 saturated heterocycles. The van der Waals surface area contributed by atoms with Crippen molar-refractivity contribution in [2.75, 3.05) is 0 Å². The number of hydrogen-bond acceptors (Lipinski definition) is 3. The Bertz CT molecular complexity index is 1130. The molecule has 0 heterocycles. The van der Waals surface area contributed by atoms with Crippen LogP contribution in [-0.4, -0.2) is 14.2 Å². The van der Waals surface area contributed by atoms with Crippen LogP contribution in [0.15, 0.2) is 83.8 Å². The molecular formula is C23H23NO3S. The van der Waals surface area contributed by atoms with Gasteiger partial charge in [0.1, 0.15) is 0 Å². The van der Waals surface area contributed by atoms with E-state index in [1.807, 2.05) is 49.4 Å². The number of hydrogen-bond donors (Lipinski definition) is 1. The van der Waals surface area contributed by atoms with Crippen LogP contribution < -0.4 is 4.72 Å². The third kappa shape index (κ3) is 4.21. The monoisotopic (exact) mass is 393 g/mol. The summed E-state index contributed by atoms with van der Waals surface area (Å²) in [6.45, 7) is 7.53. The fraction of sp³-hybridized carbons (Fsp3) is 0.174. The summed E-state index contributed by atoms with van der Waals surface area (Å²) in [5.41, 5.74) is 1.88. The number of sulfonamides is 1. The highest BCUT2D eigenvalue weighted by atomic mass is 32.2. The number of rotatable bonds is 7. The molecule has 0 aromatic heterocycles. The quantitative estimate of drug-likeness (QED) is 0.592. The van der Waals surface area contributed by atoms with Gasteiger partial charge in [-0.2, -0.15) is 4.72 Å². The summed E-state index contributed by atoms with van der Waals surface area (Å²) < 4.78 is 28.6. The summed E-state index contributed by atoms with van der Waals surface area (Å²) in [6, 6.07) is 19.2. The third-order valence-corrected chi connectivity index (χ3v) is 6.18. The van der Waals surface area contributed by atoms with E-state index in [1.165, 1.54) is 0 Å². The van der Waals surface area contributed by atoms with Crippen LogP contribution >= 0.6 is 0 Å². The van der Waals surface area contributed by atoms with Crippen LogP contribution in [0.4, 0.5) is 0 Å². The number of fused-ring (bicyclic) bond motifs is 1. The SMILES string of the molecule is C=C(C(=O)CC)[C@H](NS(=O)(=O)c1ccc(C)cc1)c1ccc2ccccc2c1. The smallest absolute Gasteiger partial charge is 0.241 e. The second-order valence-electron chi connectivity index (χ2n) is 6.78. The zero-order valence-corrected chi connectivity index (χ0v) is 16.8. The Hall–Kier alpha value is -2.76. The normalized spacial score (nSPS) is 12.6. The Morgan fingerprint density at radius 3 is 2.29 bits per heavy atom. The number of benzene rings is 3. The Labute approximate surface area is 166 Å². The zero-order valence-electron chi connectivity index (χ0n) is 16.0. The van der Waals surface area contributed by atoms with Crippen LogP contribution in [0.1, 0.15) is 30.5 Å². The van der Waals surface area contributed by atoms with E-state index in [2.05, 4.69) is 11.3 Å². The van der Waals surface area contributed by atoms with Gasteiger partial charge in [-0.1, -0.05) is 67.6 Å². The van der Waals surface area contributed by atoms with Crippen molar-refractivity contribution < 1.29 is 13.2 Å². The van der Waals surface area contributed by atoms with Crippen LogP contribution in [-0.2, 0) is 14.8 Å². The van der Waals surface area contributed by atoms with Crippen LogP contribution in [0.2, 0.25) is 0 Å². The van der Waals surface area contributed by atoms with E-state index in [9.17, 15) is 13.2 Å². The molecule has 1 N–H and O–H groups in total. The van der Waals surface area contributed by atoms with Crippen molar-refractivity contribution in [2.24, 2.45) is 0 Å². The number of nitrogens with one attached hydrogen (secondary N) is 1. The predicted octanol–water partition coefficient (Wildman–Crippen LogP) is 4.70. The Morgan fingerprint density at radius 1 is 1.00 bits per heavy atom. The Kier molecular flexibility index (Phi) is 5.77. The first-order chi connectivity index (χ1) is 13.3. The molecule has 3 aromatic carbocycles. The fourth-order valence-electron chi connectivity index (χ4n) is 3.06. The standard InChI is InChI=1S/C23H23NO3S/c1-4-22(25)17(3)23(20-12-11-18-7-5-6-8-19(18)15-20)24-28(26,27)21-13-9-16(2)10-14-21/h5-15,23-24H,3-4H2,1-2H3/t23-/m0/s1. The van der Waals surface area contributed by atoms with Gasteiger partial charge in [0.05, 0.1) is 10.9 Å². The molecule has 28 heavy (non-hydrogen) atoms. The minimum absolute atomic E-state index is 0.153. The van der Waals surface area contributed by atoms with Gasteiger partial charge in [-0.05, 0) is 41.5 Å². The Morgan fingerprint density at radius 2 is 1.64 bits per heavy atom. The molecule has 0 aliphatic carbocycles. The van der Waals surface area contributed by atoms with Crippen molar-refractivity contribution in [3.05, 3.63) is 90.0 Å². The predicted molar refractivity (Wildman–Crippen MR) is 113 cm³/mol. The van der Waals surface area contributed by atoms with Crippen LogP contribution in [0.25, 0.3) is 10.8 Å². The molecule has 0 fully saturated rings. The minimum atomic E-state index is -3.83. The molecule has 4 nitrogen and oxygen atoms in total. The van der Waals surface area contributed by atoms with E-state index in [4.69, 9.17) is 0 Å². The highest BCUT2D eigenvalue weighted by Crippen LogP contribution is 2.28. The summed E-state index contributed by atoms with van der Waals surface area (Å²) in [6.07, 6.45) is 0.259. The van der Waals surface area contributed by atoms with Gasteiger partial charge in [0.15, 0.2) is 5.78 Å². The second kappa shape index (κ2) is 8.09. The van der Waals surface area contributed by atoms with Crippen LogP contribution in [0.5, 0.6) is 0 Å². The first-order valence-corrected chi connectivity index (χ1v) is 10.6. The average molecular weight is 394 g/mol. The van der Waals surface area contributed by atoms with E-state index in [1.54, 1.807) is 31.2 Å². The minimum Gasteiger partial charge on any atom is -0.295 e. The highest BCUT2D eigenvalue weighted by Gasteiger charge is 2.26. The lowest BCUT2D eigenvalue weighted by Gasteiger charge is -2.21. The molecule has 3 aromatic rings. The van der Waals surface area contributed by atoms with E-state index in [0.717, 1.165) is 16.3 Å². The zero-order chi connectivity index (χ0) is 20.3. The maximum atomic E-state index is 12.9. The van der Waals surface area contributed by atoms with Crippen LogP contribution in [0, 0.1) is 6.92 Å². The van der Waals surface area contributed by atoms with Crippen molar-refractivity contribution in [3.8, 4) is 0 Å². The molecule has 0 amide bonds. The molecule has 144 valence electrons. The lowest BCUT2D eigenvalue weighted by atomic mass is 9.95. The first kappa shape index (κ1) is 20.0. The summed E-state index contributed by atoms with van der Waals surface area (Å²) in [4.78, 5) is 12.5. The second-order valence-corrected chi connectivity index (χ2v) is 8.49. The highest BCUT2D eigenvalue weighted by molar-refractivity contribution is 7.89. The maximum absolute atomic E-state index is 12.9. The topological polar surface area (TPSA) is 63.2 Å². The van der Waals surface area contributed by atoms with E-state index in [0.29, 0.717) is 5.56 Å². The number of carbonyl (C=O) groups is 1. The van der Waals surface area contributed by atoms with Gasteiger partial charge >= 0.3 is 0 Å². The van der Waals surface area contributed by atoms with Gasteiger partial charge in [-0.15, -0.1) is 0 Å². The van der Waals surface area contributed by atoms with Gasteiger partial charge in [-0.3, -0.25) is 4.79 Å².